The largest absolute Gasteiger partial charge is 0.383 e. The summed E-state index contributed by atoms with van der Waals surface area (Å²) < 4.78 is 4.99. The van der Waals surface area contributed by atoms with Crippen LogP contribution in [0.5, 0.6) is 0 Å². The number of carbonyl (C=O) groups excluding carboxylic acids is 1. The molecule has 1 aromatic heterocycles. The number of hydrogen-bond acceptors (Lipinski definition) is 6. The first-order chi connectivity index (χ1) is 9.67. The van der Waals surface area contributed by atoms with Crippen molar-refractivity contribution in [2.45, 2.75) is 6.92 Å². The lowest BCUT2D eigenvalue weighted by atomic mass is 10.4. The third kappa shape index (κ3) is 5.94. The van der Waals surface area contributed by atoms with Crippen LogP contribution in [0, 0.1) is 0 Å². The lowest BCUT2D eigenvalue weighted by molar-refractivity contribution is 0.0942. The molecule has 0 saturated carbocycles. The Labute approximate surface area is 119 Å². The SMILES string of the molecule is CCNc1cnc(C(=O)NCCN(C)CCOC)cn1. The number of methoxy groups -OCH3 is 1. The van der Waals surface area contributed by atoms with Gasteiger partial charge in [-0.05, 0) is 14.0 Å². The van der Waals surface area contributed by atoms with Crippen LogP contribution in [0.1, 0.15) is 17.4 Å². The maximum absolute atomic E-state index is 11.8. The first-order valence-corrected chi connectivity index (χ1v) is 6.69. The summed E-state index contributed by atoms with van der Waals surface area (Å²) in [4.78, 5) is 22.1. The summed E-state index contributed by atoms with van der Waals surface area (Å²) in [6, 6.07) is 0. The van der Waals surface area contributed by atoms with Gasteiger partial charge in [-0.15, -0.1) is 0 Å². The van der Waals surface area contributed by atoms with E-state index >= 15 is 0 Å². The smallest absolute Gasteiger partial charge is 0.271 e. The summed E-state index contributed by atoms with van der Waals surface area (Å²) in [7, 11) is 3.65. The number of nitrogens with one attached hydrogen (secondary N) is 2. The van der Waals surface area contributed by atoms with E-state index in [9.17, 15) is 4.79 Å². The second-order valence-corrected chi connectivity index (χ2v) is 4.37. The standard InChI is InChI=1S/C13H23N5O2/c1-4-14-12-10-16-11(9-17-12)13(19)15-5-6-18(2)7-8-20-3/h9-10H,4-8H2,1-3H3,(H,14,17)(H,15,19). The highest BCUT2D eigenvalue weighted by atomic mass is 16.5. The van der Waals surface area contributed by atoms with Gasteiger partial charge in [-0.2, -0.15) is 0 Å². The number of ether oxygens (including phenoxy) is 1. The van der Waals surface area contributed by atoms with Crippen LogP contribution in [0.2, 0.25) is 0 Å². The fraction of sp³-hybridized carbons (Fsp3) is 0.615. The summed E-state index contributed by atoms with van der Waals surface area (Å²) in [6.07, 6.45) is 3.03. The molecule has 7 nitrogen and oxygen atoms in total. The van der Waals surface area contributed by atoms with Gasteiger partial charge in [0.25, 0.3) is 5.91 Å². The van der Waals surface area contributed by atoms with E-state index in [1.165, 1.54) is 6.20 Å². The minimum absolute atomic E-state index is 0.208. The molecule has 0 radical (unpaired) electrons. The quantitative estimate of drug-likeness (QED) is 0.674. The molecule has 0 aliphatic carbocycles. The van der Waals surface area contributed by atoms with Crippen molar-refractivity contribution < 1.29 is 9.53 Å². The van der Waals surface area contributed by atoms with E-state index in [4.69, 9.17) is 4.74 Å². The van der Waals surface area contributed by atoms with Crippen LogP contribution >= 0.6 is 0 Å². The Morgan fingerprint density at radius 3 is 2.75 bits per heavy atom. The van der Waals surface area contributed by atoms with Crippen molar-refractivity contribution in [3.8, 4) is 0 Å². The van der Waals surface area contributed by atoms with Crippen molar-refractivity contribution in [1.29, 1.82) is 0 Å². The van der Waals surface area contributed by atoms with Gasteiger partial charge in [0.2, 0.25) is 0 Å². The number of nitrogens with zero attached hydrogens (tertiary/aromatic N) is 3. The number of anilines is 1. The molecule has 1 amide bonds. The van der Waals surface area contributed by atoms with Gasteiger partial charge < -0.3 is 20.3 Å². The molecule has 1 rings (SSSR count). The maximum Gasteiger partial charge on any atom is 0.271 e. The van der Waals surface area contributed by atoms with Crippen LogP contribution in [0.25, 0.3) is 0 Å². The molecule has 0 fully saturated rings. The Morgan fingerprint density at radius 2 is 2.15 bits per heavy atom. The van der Waals surface area contributed by atoms with Crippen molar-refractivity contribution in [3.05, 3.63) is 18.1 Å². The number of rotatable bonds is 9. The predicted molar refractivity (Wildman–Crippen MR) is 77.9 cm³/mol. The summed E-state index contributed by atoms with van der Waals surface area (Å²) in [5, 5.41) is 5.84. The molecule has 112 valence electrons. The molecule has 1 heterocycles. The van der Waals surface area contributed by atoms with Gasteiger partial charge >= 0.3 is 0 Å². The first kappa shape index (κ1) is 16.3. The highest BCUT2D eigenvalue weighted by Gasteiger charge is 2.07. The van der Waals surface area contributed by atoms with Crippen LogP contribution in [-0.2, 0) is 4.74 Å². The molecule has 2 N–H and O–H groups in total. The lowest BCUT2D eigenvalue weighted by Crippen LogP contribution is -2.34. The van der Waals surface area contributed by atoms with Gasteiger partial charge in [0, 0.05) is 33.3 Å². The number of carbonyl (C=O) groups is 1. The Kier molecular flexibility index (Phi) is 7.52. The number of hydrogen-bond donors (Lipinski definition) is 2. The van der Waals surface area contributed by atoms with Crippen LogP contribution in [-0.4, -0.2) is 67.7 Å². The van der Waals surface area contributed by atoms with Gasteiger partial charge in [0.05, 0.1) is 19.0 Å². The van der Waals surface area contributed by atoms with Gasteiger partial charge in [-0.25, -0.2) is 9.97 Å². The van der Waals surface area contributed by atoms with Crippen molar-refractivity contribution in [2.24, 2.45) is 0 Å². The third-order valence-electron chi connectivity index (χ3n) is 2.70. The predicted octanol–water partition coefficient (Wildman–Crippen LogP) is 0.216. The van der Waals surface area contributed by atoms with Gasteiger partial charge in [-0.3, -0.25) is 4.79 Å². The zero-order valence-corrected chi connectivity index (χ0v) is 12.3. The molecule has 1 aromatic rings. The van der Waals surface area contributed by atoms with E-state index < -0.39 is 0 Å². The Bertz CT molecular complexity index is 396. The molecule has 7 heteroatoms. The number of aromatic nitrogens is 2. The van der Waals surface area contributed by atoms with E-state index in [2.05, 4.69) is 25.5 Å². The molecule has 0 saturated heterocycles. The van der Waals surface area contributed by atoms with Gasteiger partial charge in [-0.1, -0.05) is 0 Å². The summed E-state index contributed by atoms with van der Waals surface area (Å²) in [5.74, 6) is 0.462. The molecule has 0 aliphatic heterocycles. The van der Waals surface area contributed by atoms with E-state index in [-0.39, 0.29) is 5.91 Å². The van der Waals surface area contributed by atoms with E-state index in [1.54, 1.807) is 13.3 Å². The topological polar surface area (TPSA) is 79.4 Å². The summed E-state index contributed by atoms with van der Waals surface area (Å²) in [5.41, 5.74) is 0.325. The zero-order chi connectivity index (χ0) is 14.8. The highest BCUT2D eigenvalue weighted by molar-refractivity contribution is 5.91. The highest BCUT2D eigenvalue weighted by Crippen LogP contribution is 2.00. The molecule has 0 aliphatic rings. The van der Waals surface area contributed by atoms with E-state index in [1.807, 2.05) is 14.0 Å². The number of amides is 1. The second-order valence-electron chi connectivity index (χ2n) is 4.37. The molecular formula is C13H23N5O2. The number of likely N-dealkylation sites (N-methyl/N-ethyl adjacent to an activating group) is 1. The molecule has 0 spiro atoms. The van der Waals surface area contributed by atoms with Crippen LogP contribution < -0.4 is 10.6 Å². The Morgan fingerprint density at radius 1 is 1.35 bits per heavy atom. The summed E-state index contributed by atoms with van der Waals surface area (Å²) in [6.45, 7) is 5.59. The fourth-order valence-electron chi connectivity index (χ4n) is 1.53. The average Bonchev–Trinajstić information content (AvgIpc) is 2.46. The van der Waals surface area contributed by atoms with Gasteiger partial charge in [0.1, 0.15) is 11.5 Å². The lowest BCUT2D eigenvalue weighted by Gasteiger charge is -2.15. The third-order valence-corrected chi connectivity index (χ3v) is 2.70. The molecule has 0 unspecified atom stereocenters. The van der Waals surface area contributed by atoms with E-state index in [0.29, 0.717) is 24.7 Å². The van der Waals surface area contributed by atoms with Crippen LogP contribution in [0.3, 0.4) is 0 Å². The van der Waals surface area contributed by atoms with Crippen molar-refractivity contribution in [1.82, 2.24) is 20.2 Å². The maximum atomic E-state index is 11.8. The Hall–Kier alpha value is -1.73. The van der Waals surface area contributed by atoms with Crippen molar-refractivity contribution in [3.63, 3.8) is 0 Å². The van der Waals surface area contributed by atoms with Crippen molar-refractivity contribution >= 4 is 11.7 Å². The molecule has 0 aromatic carbocycles. The molecular weight excluding hydrogens is 258 g/mol. The van der Waals surface area contributed by atoms with E-state index in [0.717, 1.165) is 19.6 Å². The average molecular weight is 281 g/mol. The second kappa shape index (κ2) is 9.22. The monoisotopic (exact) mass is 281 g/mol. The van der Waals surface area contributed by atoms with Crippen LogP contribution in [0.15, 0.2) is 12.4 Å². The Balaban J connectivity index is 2.31. The molecule has 0 atom stereocenters. The first-order valence-electron chi connectivity index (χ1n) is 6.69. The van der Waals surface area contributed by atoms with Gasteiger partial charge in [0.15, 0.2) is 0 Å². The fourth-order valence-corrected chi connectivity index (χ4v) is 1.53. The summed E-state index contributed by atoms with van der Waals surface area (Å²) >= 11 is 0. The molecule has 20 heavy (non-hydrogen) atoms. The minimum Gasteiger partial charge on any atom is -0.383 e. The molecule has 0 bridgehead atoms. The van der Waals surface area contributed by atoms with Crippen molar-refractivity contribution in [2.75, 3.05) is 52.3 Å². The normalized spacial score (nSPS) is 10.6. The minimum atomic E-state index is -0.208. The zero-order valence-electron chi connectivity index (χ0n) is 12.3. The van der Waals surface area contributed by atoms with Crippen LogP contribution in [0.4, 0.5) is 5.82 Å².